The van der Waals surface area contributed by atoms with Crippen molar-refractivity contribution in [1.29, 1.82) is 0 Å². The van der Waals surface area contributed by atoms with Gasteiger partial charge in [-0.15, -0.1) is 0 Å². The van der Waals surface area contributed by atoms with Crippen molar-refractivity contribution < 1.29 is 78.7 Å². The molecule has 1 aliphatic carbocycles. The van der Waals surface area contributed by atoms with Crippen LogP contribution in [0.4, 0.5) is 39.5 Å². The molecule has 11 nitrogen and oxygen atoms in total. The van der Waals surface area contributed by atoms with Gasteiger partial charge in [-0.3, -0.25) is 14.7 Å². The number of halogens is 9. The first-order chi connectivity index (χ1) is 21.1. The van der Waals surface area contributed by atoms with E-state index in [0.29, 0.717) is 30.4 Å². The number of nitrogens with zero attached hydrogens (tertiary/aromatic N) is 3. The van der Waals surface area contributed by atoms with Crippen molar-refractivity contribution >= 4 is 23.8 Å². The average Bonchev–Trinajstić information content (AvgIpc) is 3.63. The van der Waals surface area contributed by atoms with Crippen LogP contribution in [-0.2, 0) is 30.5 Å². The molecule has 20 heteroatoms. The lowest BCUT2D eigenvalue weighted by Crippen LogP contribution is -2.43. The molecule has 1 aromatic rings. The van der Waals surface area contributed by atoms with Gasteiger partial charge in [0.25, 0.3) is 0 Å². The van der Waals surface area contributed by atoms with Crippen LogP contribution in [0.25, 0.3) is 0 Å². The lowest BCUT2D eigenvalue weighted by molar-refractivity contribution is -0.193. The molecule has 4 rings (SSSR count). The molecule has 1 saturated carbocycles. The molecule has 4 atom stereocenters. The molecule has 3 N–H and O–H groups in total. The second-order valence-electron chi connectivity index (χ2n) is 10.4. The monoisotopic (exact) mass is 685 g/mol. The largest absolute Gasteiger partial charge is 0.490 e. The van der Waals surface area contributed by atoms with Crippen molar-refractivity contribution in [2.75, 3.05) is 33.4 Å². The summed E-state index contributed by atoms with van der Waals surface area (Å²) in [4.78, 5) is 48.3. The van der Waals surface area contributed by atoms with E-state index in [0.717, 1.165) is 32.7 Å². The minimum Gasteiger partial charge on any atom is -0.475 e. The third-order valence-electron chi connectivity index (χ3n) is 7.10. The molecule has 1 aromatic heterocycles. The normalized spacial score (nSPS) is 22.6. The van der Waals surface area contributed by atoms with E-state index in [9.17, 15) is 44.3 Å². The zero-order valence-corrected chi connectivity index (χ0v) is 24.1. The fourth-order valence-electron chi connectivity index (χ4n) is 5.05. The van der Waals surface area contributed by atoms with Crippen molar-refractivity contribution in [2.45, 2.75) is 56.8 Å². The second kappa shape index (κ2) is 17.3. The van der Waals surface area contributed by atoms with E-state index in [1.807, 2.05) is 18.5 Å². The molecule has 0 spiro atoms. The topological polar surface area (TPSA) is 158 Å². The van der Waals surface area contributed by atoms with Crippen molar-refractivity contribution in [3.63, 3.8) is 0 Å². The van der Waals surface area contributed by atoms with Crippen LogP contribution >= 0.6 is 0 Å². The Morgan fingerprint density at radius 1 is 0.891 bits per heavy atom. The summed E-state index contributed by atoms with van der Waals surface area (Å²) in [6.45, 7) is 4.19. The number of alkyl halides is 9. The molecule has 2 unspecified atom stereocenters. The fraction of sp³-hybridized carbons (Fsp3) is 0.654. The number of carboxylic acid groups (broad SMARTS) is 3. The van der Waals surface area contributed by atoms with Crippen LogP contribution in [0.15, 0.2) is 24.5 Å². The van der Waals surface area contributed by atoms with E-state index >= 15 is 0 Å². The first-order valence-corrected chi connectivity index (χ1v) is 13.4. The second-order valence-corrected chi connectivity index (χ2v) is 10.4. The lowest BCUT2D eigenvalue weighted by Gasteiger charge is -2.39. The Hall–Kier alpha value is -3.68. The van der Waals surface area contributed by atoms with Crippen LogP contribution in [0.1, 0.15) is 31.2 Å². The van der Waals surface area contributed by atoms with Gasteiger partial charge in [0.2, 0.25) is 5.91 Å². The zero-order valence-electron chi connectivity index (χ0n) is 24.1. The van der Waals surface area contributed by atoms with E-state index in [1.165, 1.54) is 24.8 Å². The Balaban J connectivity index is 0.000000413. The van der Waals surface area contributed by atoms with Crippen molar-refractivity contribution in [3.05, 3.63) is 30.1 Å². The summed E-state index contributed by atoms with van der Waals surface area (Å²) >= 11 is 0. The van der Waals surface area contributed by atoms with Gasteiger partial charge in [-0.2, -0.15) is 39.5 Å². The molecule has 3 aliphatic rings. The maximum Gasteiger partial charge on any atom is 0.490 e. The summed E-state index contributed by atoms with van der Waals surface area (Å²) in [6, 6.07) is 4.72. The molecule has 3 heterocycles. The smallest absolute Gasteiger partial charge is 0.475 e. The molecule has 3 fully saturated rings. The highest BCUT2D eigenvalue weighted by Crippen LogP contribution is 2.39. The number of hydrogen-bond donors (Lipinski definition) is 3. The van der Waals surface area contributed by atoms with Crippen LogP contribution in [0.5, 0.6) is 0 Å². The minimum absolute atomic E-state index is 0.103. The molecule has 262 valence electrons. The number of likely N-dealkylation sites (tertiary alicyclic amines) is 1. The van der Waals surface area contributed by atoms with E-state index in [-0.39, 0.29) is 5.92 Å². The Kier molecular flexibility index (Phi) is 15.2. The summed E-state index contributed by atoms with van der Waals surface area (Å²) in [5.74, 6) is -6.55. The van der Waals surface area contributed by atoms with E-state index < -0.39 is 36.4 Å². The highest BCUT2D eigenvalue weighted by molar-refractivity contribution is 5.79. The van der Waals surface area contributed by atoms with E-state index in [4.69, 9.17) is 34.4 Å². The molecule has 2 saturated heterocycles. The summed E-state index contributed by atoms with van der Waals surface area (Å²) in [5, 5.41) is 21.4. The highest BCUT2D eigenvalue weighted by atomic mass is 19.4. The Labute approximate surface area is 255 Å². The summed E-state index contributed by atoms with van der Waals surface area (Å²) in [6.07, 6.45) is -6.78. The number of fused-ring (bicyclic) bond motifs is 1. The standard InChI is InChI=1S/C20H29N3O2.3C2HF3O2/c1-22(11-15-4-3-8-21-10-15)19-6-2-5-16-12-23(13-18(16)19)20(24)17-7-9-25-14-17;3*3-2(4,5)1(6)7/h3-4,8,10,16-19H,2,5-7,9,11-14H2,1H3;3*(H,6,7)/t16-,17?,18+,19?;;;/m1.../s1. The van der Waals surface area contributed by atoms with E-state index in [2.05, 4.69) is 27.9 Å². The van der Waals surface area contributed by atoms with Gasteiger partial charge in [-0.1, -0.05) is 12.5 Å². The van der Waals surface area contributed by atoms with Crippen molar-refractivity contribution in [1.82, 2.24) is 14.8 Å². The summed E-state index contributed by atoms with van der Waals surface area (Å²) < 4.78 is 101. The highest BCUT2D eigenvalue weighted by Gasteiger charge is 2.44. The molecular weight excluding hydrogens is 653 g/mol. The van der Waals surface area contributed by atoms with Crippen LogP contribution in [0.2, 0.25) is 0 Å². The predicted molar refractivity (Wildman–Crippen MR) is 137 cm³/mol. The van der Waals surface area contributed by atoms with Crippen LogP contribution in [0.3, 0.4) is 0 Å². The number of carboxylic acids is 3. The number of rotatable bonds is 4. The van der Waals surface area contributed by atoms with Gasteiger partial charge in [-0.25, -0.2) is 14.4 Å². The third-order valence-corrected chi connectivity index (χ3v) is 7.10. The SMILES string of the molecule is CN(Cc1cccnc1)C1CCC[C@@H]2CN(C(=O)C3CCOC3)C[C@H]12.O=C(O)C(F)(F)F.O=C(O)C(F)(F)F.O=C(O)C(F)(F)F. The molecule has 2 aliphatic heterocycles. The quantitative estimate of drug-likeness (QED) is 0.395. The van der Waals surface area contributed by atoms with Crippen molar-refractivity contribution in [3.8, 4) is 0 Å². The minimum atomic E-state index is -5.08. The van der Waals surface area contributed by atoms with Gasteiger partial charge < -0.3 is 25.0 Å². The zero-order chi connectivity index (χ0) is 35.5. The summed E-state index contributed by atoms with van der Waals surface area (Å²) in [5.41, 5.74) is 1.26. The molecule has 0 bridgehead atoms. The van der Waals surface area contributed by atoms with Gasteiger partial charge in [-0.05, 0) is 49.8 Å². The Bertz CT molecular complexity index is 1090. The molecule has 0 radical (unpaired) electrons. The number of aliphatic carboxylic acids is 3. The van der Waals surface area contributed by atoms with Gasteiger partial charge >= 0.3 is 36.4 Å². The number of ether oxygens (including phenoxy) is 1. The van der Waals surface area contributed by atoms with Gasteiger partial charge in [0.1, 0.15) is 0 Å². The summed E-state index contributed by atoms with van der Waals surface area (Å²) in [7, 11) is 2.23. The number of amides is 1. The number of pyridine rings is 1. The number of aromatic nitrogens is 1. The van der Waals surface area contributed by atoms with Gasteiger partial charge in [0.05, 0.1) is 12.5 Å². The van der Waals surface area contributed by atoms with Crippen LogP contribution in [-0.4, -0.2) is 112 Å². The van der Waals surface area contributed by atoms with Crippen LogP contribution in [0, 0.1) is 17.8 Å². The van der Waals surface area contributed by atoms with Gasteiger partial charge in [0.15, 0.2) is 0 Å². The average molecular weight is 686 g/mol. The molecule has 46 heavy (non-hydrogen) atoms. The Morgan fingerprint density at radius 2 is 1.41 bits per heavy atom. The van der Waals surface area contributed by atoms with E-state index in [1.54, 1.807) is 0 Å². The third kappa shape index (κ3) is 13.8. The predicted octanol–water partition coefficient (Wildman–Crippen LogP) is 4.08. The molecule has 1 amide bonds. The molecular formula is C26H32F9N3O8. The first kappa shape index (κ1) is 40.3. The molecule has 0 aromatic carbocycles. The maximum atomic E-state index is 12.8. The number of hydrogen-bond acceptors (Lipinski definition) is 7. The number of carbonyl (C=O) groups excluding carboxylic acids is 1. The lowest BCUT2D eigenvalue weighted by atomic mass is 9.77. The fourth-order valence-corrected chi connectivity index (χ4v) is 5.05. The maximum absolute atomic E-state index is 12.8. The first-order valence-electron chi connectivity index (χ1n) is 13.4. The van der Waals surface area contributed by atoms with Crippen molar-refractivity contribution in [2.24, 2.45) is 17.8 Å². The number of carbonyl (C=O) groups is 4. The Morgan fingerprint density at radius 3 is 1.83 bits per heavy atom. The van der Waals surface area contributed by atoms with Gasteiger partial charge in [0, 0.05) is 44.7 Å². The van der Waals surface area contributed by atoms with Crippen LogP contribution < -0.4 is 0 Å².